The highest BCUT2D eigenvalue weighted by Gasteiger charge is 2.17. The summed E-state index contributed by atoms with van der Waals surface area (Å²) in [5, 5.41) is 4.20. The summed E-state index contributed by atoms with van der Waals surface area (Å²) in [6.45, 7) is 4.21. The zero-order chi connectivity index (χ0) is 12.4. The lowest BCUT2D eigenvalue weighted by atomic mass is 10.1. The molecule has 17 heavy (non-hydrogen) atoms. The van der Waals surface area contributed by atoms with E-state index in [4.69, 9.17) is 4.74 Å². The summed E-state index contributed by atoms with van der Waals surface area (Å²) in [5.41, 5.74) is 2.42. The van der Waals surface area contributed by atoms with Gasteiger partial charge in [0.2, 0.25) is 0 Å². The average molecular weight is 297 g/mol. The number of nitrogens with zero attached hydrogens (tertiary/aromatic N) is 2. The minimum atomic E-state index is -0.324. The number of ether oxygens (including phenoxy) is 1. The van der Waals surface area contributed by atoms with Crippen LogP contribution in [-0.4, -0.2) is 22.2 Å². The summed E-state index contributed by atoms with van der Waals surface area (Å²) in [6.07, 6.45) is 2.39. The molecule has 0 bridgehead atoms. The first-order chi connectivity index (χ1) is 8.19. The molecule has 2 aromatic heterocycles. The van der Waals surface area contributed by atoms with Crippen LogP contribution < -0.4 is 0 Å². The van der Waals surface area contributed by atoms with Crippen LogP contribution in [0.1, 0.15) is 29.8 Å². The van der Waals surface area contributed by atoms with Gasteiger partial charge in [-0.15, -0.1) is 0 Å². The molecule has 0 aliphatic carbocycles. The number of fused-ring (bicyclic) bond motifs is 1. The molecule has 0 radical (unpaired) electrons. The molecule has 2 rings (SSSR count). The van der Waals surface area contributed by atoms with Gasteiger partial charge in [-0.05, 0) is 40.9 Å². The number of esters is 1. The van der Waals surface area contributed by atoms with E-state index in [-0.39, 0.29) is 5.97 Å². The lowest BCUT2D eigenvalue weighted by Gasteiger charge is -2.05. The first-order valence-electron chi connectivity index (χ1n) is 5.51. The number of aryl methyl sites for hydroxylation is 1. The van der Waals surface area contributed by atoms with Gasteiger partial charge in [-0.2, -0.15) is 5.10 Å². The van der Waals surface area contributed by atoms with Crippen molar-refractivity contribution < 1.29 is 9.53 Å². The van der Waals surface area contributed by atoms with E-state index in [1.165, 1.54) is 0 Å². The highest BCUT2D eigenvalue weighted by Crippen LogP contribution is 2.22. The lowest BCUT2D eigenvalue weighted by Crippen LogP contribution is -2.05. The fraction of sp³-hybridized carbons (Fsp3) is 0.333. The van der Waals surface area contributed by atoms with Crippen LogP contribution in [0.15, 0.2) is 22.9 Å². The van der Waals surface area contributed by atoms with E-state index < -0.39 is 0 Å². The van der Waals surface area contributed by atoms with E-state index in [1.54, 1.807) is 17.6 Å². The first-order valence-corrected chi connectivity index (χ1v) is 6.30. The monoisotopic (exact) mass is 296 g/mol. The third kappa shape index (κ3) is 2.07. The lowest BCUT2D eigenvalue weighted by molar-refractivity contribution is 0.0528. The molecule has 0 atom stereocenters. The van der Waals surface area contributed by atoms with E-state index in [1.807, 2.05) is 19.1 Å². The average Bonchev–Trinajstić information content (AvgIpc) is 2.75. The van der Waals surface area contributed by atoms with E-state index >= 15 is 0 Å². The van der Waals surface area contributed by atoms with Gasteiger partial charge in [0.05, 0.1) is 18.3 Å². The molecule has 0 aliphatic heterocycles. The second-order valence-corrected chi connectivity index (χ2v) is 4.39. The zero-order valence-electron chi connectivity index (χ0n) is 9.74. The van der Waals surface area contributed by atoms with Crippen molar-refractivity contribution in [3.8, 4) is 0 Å². The molecule has 0 aromatic carbocycles. The molecule has 0 amide bonds. The van der Waals surface area contributed by atoms with Crippen LogP contribution in [0.2, 0.25) is 0 Å². The maximum atomic E-state index is 11.8. The summed E-state index contributed by atoms with van der Waals surface area (Å²) in [5.74, 6) is -0.324. The van der Waals surface area contributed by atoms with Crippen LogP contribution >= 0.6 is 15.9 Å². The molecule has 5 heteroatoms. The number of carbonyl (C=O) groups excluding carboxylic acids is 1. The summed E-state index contributed by atoms with van der Waals surface area (Å²) in [7, 11) is 0. The summed E-state index contributed by atoms with van der Waals surface area (Å²) >= 11 is 3.41. The van der Waals surface area contributed by atoms with Crippen molar-refractivity contribution in [2.45, 2.75) is 20.3 Å². The minimum Gasteiger partial charge on any atom is -0.462 e. The summed E-state index contributed by atoms with van der Waals surface area (Å²) in [4.78, 5) is 11.8. The fourth-order valence-corrected chi connectivity index (χ4v) is 2.18. The number of pyridine rings is 1. The highest BCUT2D eigenvalue weighted by molar-refractivity contribution is 9.10. The molecule has 0 unspecified atom stereocenters. The van der Waals surface area contributed by atoms with Crippen LogP contribution in [0.4, 0.5) is 0 Å². The van der Waals surface area contributed by atoms with Crippen LogP contribution in [0, 0.1) is 0 Å². The van der Waals surface area contributed by atoms with Gasteiger partial charge in [0.1, 0.15) is 10.2 Å². The highest BCUT2D eigenvalue weighted by atomic mass is 79.9. The smallest absolute Gasteiger partial charge is 0.341 e. The van der Waals surface area contributed by atoms with Gasteiger partial charge >= 0.3 is 5.97 Å². The number of hydrogen-bond acceptors (Lipinski definition) is 3. The van der Waals surface area contributed by atoms with Gasteiger partial charge in [0, 0.05) is 0 Å². The minimum absolute atomic E-state index is 0.324. The number of hydrogen-bond donors (Lipinski definition) is 0. The molecule has 2 aromatic rings. The Bertz CT molecular complexity index is 563. The summed E-state index contributed by atoms with van der Waals surface area (Å²) < 4.78 is 7.56. The molecular weight excluding hydrogens is 284 g/mol. The SMILES string of the molecule is CCOC(=O)c1cnn2c(Br)ccc(CC)c12. The van der Waals surface area contributed by atoms with Gasteiger partial charge in [-0.3, -0.25) is 0 Å². The van der Waals surface area contributed by atoms with E-state index in [0.29, 0.717) is 12.2 Å². The molecule has 0 saturated carbocycles. The molecule has 4 nitrogen and oxygen atoms in total. The Hall–Kier alpha value is -1.36. The number of halogens is 1. The predicted molar refractivity (Wildman–Crippen MR) is 68.2 cm³/mol. The van der Waals surface area contributed by atoms with E-state index in [9.17, 15) is 4.79 Å². The van der Waals surface area contributed by atoms with E-state index in [0.717, 1.165) is 22.1 Å². The van der Waals surface area contributed by atoms with Crippen LogP contribution in [0.25, 0.3) is 5.52 Å². The Kier molecular flexibility index (Phi) is 3.47. The van der Waals surface area contributed by atoms with Gasteiger partial charge in [-0.1, -0.05) is 13.0 Å². The van der Waals surface area contributed by atoms with Crippen molar-refractivity contribution in [3.05, 3.63) is 34.1 Å². The normalized spacial score (nSPS) is 10.8. The molecule has 0 saturated heterocycles. The molecule has 0 fully saturated rings. The van der Waals surface area contributed by atoms with Gasteiger partial charge in [0.15, 0.2) is 0 Å². The fourth-order valence-electron chi connectivity index (χ4n) is 1.78. The Morgan fingerprint density at radius 1 is 1.47 bits per heavy atom. The Morgan fingerprint density at radius 2 is 2.24 bits per heavy atom. The van der Waals surface area contributed by atoms with Crippen molar-refractivity contribution in [1.29, 1.82) is 0 Å². The van der Waals surface area contributed by atoms with Crippen LogP contribution in [-0.2, 0) is 11.2 Å². The Balaban J connectivity index is 2.65. The van der Waals surface area contributed by atoms with Crippen molar-refractivity contribution in [2.75, 3.05) is 6.61 Å². The second-order valence-electron chi connectivity index (χ2n) is 3.57. The van der Waals surface area contributed by atoms with Crippen molar-refractivity contribution >= 4 is 27.4 Å². The predicted octanol–water partition coefficient (Wildman–Crippen LogP) is 2.84. The summed E-state index contributed by atoms with van der Waals surface area (Å²) in [6, 6.07) is 3.91. The maximum Gasteiger partial charge on any atom is 0.341 e. The molecule has 90 valence electrons. The largest absolute Gasteiger partial charge is 0.462 e. The first kappa shape index (κ1) is 12.1. The molecule has 2 heterocycles. The quantitative estimate of drug-likeness (QED) is 0.646. The molecule has 0 N–H and O–H groups in total. The van der Waals surface area contributed by atoms with Crippen LogP contribution in [0.5, 0.6) is 0 Å². The zero-order valence-corrected chi connectivity index (χ0v) is 11.3. The maximum absolute atomic E-state index is 11.8. The van der Waals surface area contributed by atoms with Crippen molar-refractivity contribution in [3.63, 3.8) is 0 Å². The van der Waals surface area contributed by atoms with Gasteiger partial charge < -0.3 is 4.74 Å². The standard InChI is InChI=1S/C12H13BrN2O2/c1-3-8-5-6-10(13)15-11(8)9(7-14-15)12(16)17-4-2/h5-7H,3-4H2,1-2H3. The third-order valence-corrected chi connectivity index (χ3v) is 3.17. The van der Waals surface area contributed by atoms with E-state index in [2.05, 4.69) is 21.0 Å². The topological polar surface area (TPSA) is 43.6 Å². The van der Waals surface area contributed by atoms with Gasteiger partial charge in [-0.25, -0.2) is 9.31 Å². The number of carbonyl (C=O) groups is 1. The Morgan fingerprint density at radius 3 is 2.88 bits per heavy atom. The third-order valence-electron chi connectivity index (χ3n) is 2.57. The van der Waals surface area contributed by atoms with Gasteiger partial charge in [0.25, 0.3) is 0 Å². The van der Waals surface area contributed by atoms with Crippen LogP contribution in [0.3, 0.4) is 0 Å². The molecular formula is C12H13BrN2O2. The molecule has 0 aliphatic rings. The Labute approximate surface area is 108 Å². The van der Waals surface area contributed by atoms with Crippen molar-refractivity contribution in [1.82, 2.24) is 9.61 Å². The molecule has 0 spiro atoms. The number of aromatic nitrogens is 2. The van der Waals surface area contributed by atoms with Crippen molar-refractivity contribution in [2.24, 2.45) is 0 Å². The number of rotatable bonds is 3. The second kappa shape index (κ2) is 4.87.